The van der Waals surface area contributed by atoms with E-state index in [0.717, 1.165) is 31.5 Å². The van der Waals surface area contributed by atoms with Gasteiger partial charge in [-0.05, 0) is 37.8 Å². The molecule has 1 atom stereocenters. The van der Waals surface area contributed by atoms with E-state index in [4.69, 9.17) is 5.73 Å². The molecule has 1 unspecified atom stereocenters. The van der Waals surface area contributed by atoms with E-state index in [2.05, 4.69) is 6.07 Å². The van der Waals surface area contributed by atoms with E-state index in [1.165, 1.54) is 5.56 Å². The molecule has 1 aromatic rings. The van der Waals surface area contributed by atoms with Gasteiger partial charge in [0.1, 0.15) is 0 Å². The summed E-state index contributed by atoms with van der Waals surface area (Å²) in [6.07, 6.45) is 3.44. The molecule has 0 saturated carbocycles. The number of anilines is 1. The van der Waals surface area contributed by atoms with E-state index in [9.17, 15) is 4.79 Å². The molecule has 3 heteroatoms. The van der Waals surface area contributed by atoms with Gasteiger partial charge in [-0.25, -0.2) is 0 Å². The molecule has 0 aliphatic carbocycles. The topological polar surface area (TPSA) is 46.3 Å². The molecule has 92 valence electrons. The summed E-state index contributed by atoms with van der Waals surface area (Å²) >= 11 is 0. The van der Waals surface area contributed by atoms with Gasteiger partial charge in [-0.2, -0.15) is 0 Å². The van der Waals surface area contributed by atoms with Crippen LogP contribution in [0.25, 0.3) is 0 Å². The maximum Gasteiger partial charge on any atom is 0.227 e. The second-order valence-electron chi connectivity index (χ2n) is 4.79. The molecule has 0 radical (unpaired) electrons. The van der Waals surface area contributed by atoms with Crippen molar-refractivity contribution in [2.24, 2.45) is 5.73 Å². The molecule has 0 aromatic heterocycles. The van der Waals surface area contributed by atoms with Gasteiger partial charge in [-0.15, -0.1) is 0 Å². The number of fused-ring (bicyclic) bond motifs is 1. The fraction of sp³-hybridized carbons (Fsp3) is 0.500. The summed E-state index contributed by atoms with van der Waals surface area (Å²) in [6, 6.07) is 8.40. The maximum absolute atomic E-state index is 11.9. The summed E-state index contributed by atoms with van der Waals surface area (Å²) in [5, 5.41) is 0. The van der Waals surface area contributed by atoms with E-state index in [-0.39, 0.29) is 11.9 Å². The molecular weight excluding hydrogens is 212 g/mol. The van der Waals surface area contributed by atoms with E-state index < -0.39 is 0 Å². The van der Waals surface area contributed by atoms with Crippen molar-refractivity contribution in [3.05, 3.63) is 29.8 Å². The minimum Gasteiger partial charge on any atom is -0.328 e. The Bertz CT molecular complexity index is 401. The van der Waals surface area contributed by atoms with Crippen molar-refractivity contribution in [3.8, 4) is 0 Å². The first-order valence-corrected chi connectivity index (χ1v) is 6.32. The Morgan fingerprint density at radius 3 is 2.88 bits per heavy atom. The van der Waals surface area contributed by atoms with Crippen molar-refractivity contribution in [1.82, 2.24) is 0 Å². The van der Waals surface area contributed by atoms with Crippen molar-refractivity contribution < 1.29 is 4.79 Å². The van der Waals surface area contributed by atoms with Crippen molar-refractivity contribution in [1.29, 1.82) is 0 Å². The number of carbonyl (C=O) groups excluding carboxylic acids is 1. The van der Waals surface area contributed by atoms with Crippen LogP contribution in [-0.4, -0.2) is 18.5 Å². The largest absolute Gasteiger partial charge is 0.328 e. The first kappa shape index (κ1) is 12.1. The second kappa shape index (κ2) is 5.32. The van der Waals surface area contributed by atoms with Crippen LogP contribution in [0.5, 0.6) is 0 Å². The minimum atomic E-state index is 0.213. The summed E-state index contributed by atoms with van der Waals surface area (Å²) < 4.78 is 0. The van der Waals surface area contributed by atoms with Crippen LogP contribution in [0.15, 0.2) is 24.3 Å². The van der Waals surface area contributed by atoms with Crippen molar-refractivity contribution in [3.63, 3.8) is 0 Å². The van der Waals surface area contributed by atoms with Crippen LogP contribution in [0.2, 0.25) is 0 Å². The van der Waals surface area contributed by atoms with Gasteiger partial charge < -0.3 is 10.6 Å². The molecule has 0 fully saturated rings. The number of hydrogen-bond acceptors (Lipinski definition) is 2. The molecule has 1 amide bonds. The third kappa shape index (κ3) is 2.86. The van der Waals surface area contributed by atoms with Gasteiger partial charge in [0, 0.05) is 24.7 Å². The highest BCUT2D eigenvalue weighted by Crippen LogP contribution is 2.27. The number of nitrogens with two attached hydrogens (primary N) is 1. The van der Waals surface area contributed by atoms with Crippen LogP contribution >= 0.6 is 0 Å². The molecule has 0 saturated heterocycles. The lowest BCUT2D eigenvalue weighted by molar-refractivity contribution is -0.118. The van der Waals surface area contributed by atoms with Gasteiger partial charge in [0.2, 0.25) is 5.91 Å². The monoisotopic (exact) mass is 232 g/mol. The molecule has 2 rings (SSSR count). The van der Waals surface area contributed by atoms with Gasteiger partial charge in [0.15, 0.2) is 0 Å². The van der Waals surface area contributed by atoms with Gasteiger partial charge in [0.25, 0.3) is 0 Å². The number of carbonyl (C=O) groups is 1. The average molecular weight is 232 g/mol. The Kier molecular flexibility index (Phi) is 3.79. The quantitative estimate of drug-likeness (QED) is 0.864. The van der Waals surface area contributed by atoms with Crippen molar-refractivity contribution in [2.45, 2.75) is 38.6 Å². The molecule has 0 bridgehead atoms. The van der Waals surface area contributed by atoms with E-state index >= 15 is 0 Å². The van der Waals surface area contributed by atoms with Gasteiger partial charge >= 0.3 is 0 Å². The standard InChI is InChI=1S/C14H20N2O/c1-11(15)5-4-10-16-13-7-3-2-6-12(13)8-9-14(16)17/h2-3,6-7,11H,4-5,8-10,15H2,1H3. The SMILES string of the molecule is CC(N)CCCN1C(=O)CCc2ccccc21. The zero-order valence-corrected chi connectivity index (χ0v) is 10.4. The number of hydrogen-bond donors (Lipinski definition) is 1. The Balaban J connectivity index is 2.07. The van der Waals surface area contributed by atoms with Crippen molar-refractivity contribution in [2.75, 3.05) is 11.4 Å². The van der Waals surface area contributed by atoms with Gasteiger partial charge in [-0.3, -0.25) is 4.79 Å². The molecule has 1 aliphatic heterocycles. The number of nitrogens with zero attached hydrogens (tertiary/aromatic N) is 1. The summed E-state index contributed by atoms with van der Waals surface area (Å²) in [5.74, 6) is 0.244. The summed E-state index contributed by atoms with van der Waals surface area (Å²) in [7, 11) is 0. The zero-order chi connectivity index (χ0) is 12.3. The van der Waals surface area contributed by atoms with Crippen LogP contribution in [0, 0.1) is 0 Å². The van der Waals surface area contributed by atoms with Crippen LogP contribution in [0.3, 0.4) is 0 Å². The summed E-state index contributed by atoms with van der Waals surface area (Å²) in [4.78, 5) is 13.8. The highest BCUT2D eigenvalue weighted by Gasteiger charge is 2.22. The molecule has 1 aliphatic rings. The van der Waals surface area contributed by atoms with E-state index in [1.54, 1.807) is 0 Å². The second-order valence-corrected chi connectivity index (χ2v) is 4.79. The molecule has 3 nitrogen and oxygen atoms in total. The predicted molar refractivity (Wildman–Crippen MR) is 70.0 cm³/mol. The maximum atomic E-state index is 11.9. The highest BCUT2D eigenvalue weighted by molar-refractivity contribution is 5.96. The fourth-order valence-electron chi connectivity index (χ4n) is 2.31. The first-order chi connectivity index (χ1) is 8.18. The van der Waals surface area contributed by atoms with Crippen molar-refractivity contribution >= 4 is 11.6 Å². The van der Waals surface area contributed by atoms with E-state index in [1.807, 2.05) is 30.0 Å². The van der Waals surface area contributed by atoms with Crippen LogP contribution in [0.1, 0.15) is 31.7 Å². The zero-order valence-electron chi connectivity index (χ0n) is 10.4. The molecule has 1 aromatic carbocycles. The minimum absolute atomic E-state index is 0.213. The molecule has 17 heavy (non-hydrogen) atoms. The lowest BCUT2D eigenvalue weighted by Gasteiger charge is -2.29. The first-order valence-electron chi connectivity index (χ1n) is 6.32. The molecule has 2 N–H and O–H groups in total. The van der Waals surface area contributed by atoms with Gasteiger partial charge in [0.05, 0.1) is 0 Å². The molecule has 1 heterocycles. The van der Waals surface area contributed by atoms with Gasteiger partial charge in [-0.1, -0.05) is 18.2 Å². The molecular formula is C14H20N2O. The van der Waals surface area contributed by atoms with Crippen LogP contribution < -0.4 is 10.6 Å². The summed E-state index contributed by atoms with van der Waals surface area (Å²) in [6.45, 7) is 2.79. The average Bonchev–Trinajstić information content (AvgIpc) is 2.32. The number of amides is 1. The number of para-hydroxylation sites is 1. The predicted octanol–water partition coefficient (Wildman–Crippen LogP) is 2.09. The Hall–Kier alpha value is -1.35. The lowest BCUT2D eigenvalue weighted by Crippen LogP contribution is -2.36. The van der Waals surface area contributed by atoms with Crippen LogP contribution in [-0.2, 0) is 11.2 Å². The fourth-order valence-corrected chi connectivity index (χ4v) is 2.31. The highest BCUT2D eigenvalue weighted by atomic mass is 16.2. The van der Waals surface area contributed by atoms with Crippen LogP contribution in [0.4, 0.5) is 5.69 Å². The Morgan fingerprint density at radius 1 is 1.35 bits per heavy atom. The third-order valence-electron chi connectivity index (χ3n) is 3.23. The lowest BCUT2D eigenvalue weighted by atomic mass is 10.0. The smallest absolute Gasteiger partial charge is 0.227 e. The normalized spacial score (nSPS) is 16.8. The number of aryl methyl sites for hydroxylation is 1. The third-order valence-corrected chi connectivity index (χ3v) is 3.23. The molecule has 0 spiro atoms. The van der Waals surface area contributed by atoms with E-state index in [0.29, 0.717) is 6.42 Å². The Morgan fingerprint density at radius 2 is 2.12 bits per heavy atom. The number of benzene rings is 1. The Labute approximate surface area is 103 Å². The summed E-state index contributed by atoms with van der Waals surface area (Å²) in [5.41, 5.74) is 8.11. The number of rotatable bonds is 4.